The van der Waals surface area contributed by atoms with E-state index < -0.39 is 17.7 Å². The summed E-state index contributed by atoms with van der Waals surface area (Å²) in [6, 6.07) is 14.5. The standard InChI is InChI=1S/C20H21FN2O.C3H6O3/c1-23(2)11-3-10-20(17-5-7-18(21)8-6-17)19-9-4-15(13-22)12-16(19)14-24-20;1-2(4)3(5)6/h4-9,12H,3,10-11,14H2,1-2H3;2,4H,1H3,(H,5,6)/t20-;/m0./s1. The second-order valence-electron chi connectivity index (χ2n) is 7.53. The lowest BCUT2D eigenvalue weighted by molar-refractivity contribution is -0.145. The molecule has 2 aromatic carbocycles. The number of carbonyl (C=O) groups is 1. The predicted molar refractivity (Wildman–Crippen MR) is 110 cm³/mol. The van der Waals surface area contributed by atoms with Gasteiger partial charge in [0.1, 0.15) is 17.5 Å². The van der Waals surface area contributed by atoms with Gasteiger partial charge in [-0.1, -0.05) is 18.2 Å². The van der Waals surface area contributed by atoms with Crippen molar-refractivity contribution in [1.29, 1.82) is 5.26 Å². The van der Waals surface area contributed by atoms with Crippen molar-refractivity contribution in [2.24, 2.45) is 0 Å². The first-order chi connectivity index (χ1) is 14.2. The average Bonchev–Trinajstić information content (AvgIpc) is 3.07. The smallest absolute Gasteiger partial charge is 0.332 e. The minimum atomic E-state index is -1.23. The maximum Gasteiger partial charge on any atom is 0.332 e. The summed E-state index contributed by atoms with van der Waals surface area (Å²) in [5, 5.41) is 24.9. The van der Waals surface area contributed by atoms with Gasteiger partial charge in [-0.3, -0.25) is 0 Å². The van der Waals surface area contributed by atoms with E-state index in [9.17, 15) is 9.18 Å². The van der Waals surface area contributed by atoms with Gasteiger partial charge in [-0.15, -0.1) is 0 Å². The van der Waals surface area contributed by atoms with Crippen molar-refractivity contribution in [2.45, 2.75) is 38.1 Å². The predicted octanol–water partition coefficient (Wildman–Crippen LogP) is 3.26. The first-order valence-electron chi connectivity index (χ1n) is 9.68. The maximum atomic E-state index is 13.4. The highest BCUT2D eigenvalue weighted by atomic mass is 19.1. The fourth-order valence-electron chi connectivity index (χ4n) is 3.41. The largest absolute Gasteiger partial charge is 0.479 e. The highest BCUT2D eigenvalue weighted by Crippen LogP contribution is 2.45. The fraction of sp³-hybridized carbons (Fsp3) is 0.391. The van der Waals surface area contributed by atoms with Crippen LogP contribution in [-0.4, -0.2) is 47.8 Å². The molecule has 30 heavy (non-hydrogen) atoms. The third kappa shape index (κ3) is 5.63. The zero-order chi connectivity index (χ0) is 22.3. The summed E-state index contributed by atoms with van der Waals surface area (Å²) in [5.74, 6) is -1.43. The number of carboxylic acids is 1. The lowest BCUT2D eigenvalue weighted by atomic mass is 9.81. The summed E-state index contributed by atoms with van der Waals surface area (Å²) < 4.78 is 19.6. The monoisotopic (exact) mass is 414 g/mol. The van der Waals surface area contributed by atoms with Crippen molar-refractivity contribution >= 4 is 5.97 Å². The SMILES string of the molecule is CC(O)C(=O)O.CN(C)CCC[C@@]1(c2ccc(F)cc2)OCc2cc(C#N)ccc21. The first kappa shape index (κ1) is 23.5. The number of aliphatic hydroxyl groups is 1. The van der Waals surface area contributed by atoms with Gasteiger partial charge >= 0.3 is 5.97 Å². The summed E-state index contributed by atoms with van der Waals surface area (Å²) in [5.41, 5.74) is 3.18. The van der Waals surface area contributed by atoms with Crippen LogP contribution in [0.2, 0.25) is 0 Å². The van der Waals surface area contributed by atoms with Crippen LogP contribution in [0.25, 0.3) is 0 Å². The maximum absolute atomic E-state index is 13.4. The summed E-state index contributed by atoms with van der Waals surface area (Å²) in [6.07, 6.45) is 0.546. The van der Waals surface area contributed by atoms with Gasteiger partial charge in [-0.05, 0) is 81.4 Å². The van der Waals surface area contributed by atoms with E-state index in [1.165, 1.54) is 19.1 Å². The van der Waals surface area contributed by atoms with E-state index in [4.69, 9.17) is 20.2 Å². The minimum absolute atomic E-state index is 0.250. The van der Waals surface area contributed by atoms with Crippen LogP contribution in [-0.2, 0) is 21.7 Å². The Morgan fingerprint density at radius 2 is 1.93 bits per heavy atom. The van der Waals surface area contributed by atoms with E-state index in [2.05, 4.69) is 11.0 Å². The van der Waals surface area contributed by atoms with Crippen molar-refractivity contribution < 1.29 is 24.1 Å². The number of nitriles is 1. The molecule has 0 radical (unpaired) electrons. The fourth-order valence-corrected chi connectivity index (χ4v) is 3.41. The molecule has 0 bridgehead atoms. The molecular weight excluding hydrogens is 387 g/mol. The van der Waals surface area contributed by atoms with Gasteiger partial charge in [0.25, 0.3) is 0 Å². The molecular formula is C23H27FN2O4. The molecule has 0 amide bonds. The normalized spacial score (nSPS) is 18.2. The van der Waals surface area contributed by atoms with Gasteiger partial charge in [0.15, 0.2) is 0 Å². The molecule has 1 aliphatic heterocycles. The quantitative estimate of drug-likeness (QED) is 0.754. The number of aliphatic carboxylic acids is 1. The number of carboxylic acid groups (broad SMARTS) is 1. The number of hydrogen-bond donors (Lipinski definition) is 2. The molecule has 2 atom stereocenters. The number of ether oxygens (including phenoxy) is 1. The Labute approximate surface area is 176 Å². The van der Waals surface area contributed by atoms with E-state index in [0.717, 1.165) is 36.1 Å². The number of rotatable bonds is 6. The second kappa shape index (κ2) is 10.3. The van der Waals surface area contributed by atoms with Crippen LogP contribution >= 0.6 is 0 Å². The molecule has 1 aliphatic rings. The molecule has 0 aliphatic carbocycles. The third-order valence-electron chi connectivity index (χ3n) is 4.95. The van der Waals surface area contributed by atoms with Crippen molar-refractivity contribution in [3.8, 4) is 6.07 Å². The molecule has 160 valence electrons. The molecule has 0 spiro atoms. The van der Waals surface area contributed by atoms with Crippen LogP contribution < -0.4 is 0 Å². The van der Waals surface area contributed by atoms with Crippen LogP contribution in [0.5, 0.6) is 0 Å². The number of nitrogens with zero attached hydrogens (tertiary/aromatic N) is 2. The molecule has 0 saturated heterocycles. The molecule has 0 saturated carbocycles. The summed E-state index contributed by atoms with van der Waals surface area (Å²) in [7, 11) is 4.10. The minimum Gasteiger partial charge on any atom is -0.479 e. The lowest BCUT2D eigenvalue weighted by Crippen LogP contribution is -2.28. The number of aliphatic hydroxyl groups excluding tert-OH is 1. The van der Waals surface area contributed by atoms with Crippen LogP contribution in [0.1, 0.15) is 42.0 Å². The zero-order valence-corrected chi connectivity index (χ0v) is 17.4. The number of benzene rings is 2. The number of halogens is 1. The molecule has 0 aromatic heterocycles. The Morgan fingerprint density at radius 3 is 2.47 bits per heavy atom. The van der Waals surface area contributed by atoms with Crippen molar-refractivity contribution in [1.82, 2.24) is 4.90 Å². The van der Waals surface area contributed by atoms with Crippen LogP contribution in [0.15, 0.2) is 42.5 Å². The van der Waals surface area contributed by atoms with E-state index in [1.54, 1.807) is 12.1 Å². The molecule has 1 heterocycles. The Bertz CT molecular complexity index is 906. The highest BCUT2D eigenvalue weighted by molar-refractivity contribution is 5.71. The Kier molecular flexibility index (Phi) is 8.07. The van der Waals surface area contributed by atoms with Crippen molar-refractivity contribution in [3.63, 3.8) is 0 Å². The van der Waals surface area contributed by atoms with Crippen LogP contribution in [0.4, 0.5) is 4.39 Å². The van der Waals surface area contributed by atoms with E-state index in [1.807, 2.05) is 32.3 Å². The van der Waals surface area contributed by atoms with Crippen LogP contribution in [0, 0.1) is 17.1 Å². The molecule has 7 heteroatoms. The van der Waals surface area contributed by atoms with E-state index in [-0.39, 0.29) is 5.82 Å². The number of hydrogen-bond acceptors (Lipinski definition) is 5. The van der Waals surface area contributed by atoms with Gasteiger partial charge in [-0.2, -0.15) is 5.26 Å². The molecule has 3 rings (SSSR count). The summed E-state index contributed by atoms with van der Waals surface area (Å²) in [4.78, 5) is 11.6. The van der Waals surface area contributed by atoms with Crippen molar-refractivity contribution in [3.05, 3.63) is 70.5 Å². The van der Waals surface area contributed by atoms with Gasteiger partial charge < -0.3 is 19.8 Å². The topological polar surface area (TPSA) is 93.8 Å². The molecule has 0 fully saturated rings. The van der Waals surface area contributed by atoms with Gasteiger partial charge in [-0.25, -0.2) is 9.18 Å². The van der Waals surface area contributed by atoms with E-state index in [0.29, 0.717) is 12.2 Å². The zero-order valence-electron chi connectivity index (χ0n) is 17.4. The van der Waals surface area contributed by atoms with Gasteiger partial charge in [0.05, 0.1) is 18.2 Å². The summed E-state index contributed by atoms with van der Waals surface area (Å²) >= 11 is 0. The molecule has 1 unspecified atom stereocenters. The van der Waals surface area contributed by atoms with Crippen LogP contribution in [0.3, 0.4) is 0 Å². The van der Waals surface area contributed by atoms with Gasteiger partial charge in [0.2, 0.25) is 0 Å². The Balaban J connectivity index is 0.000000469. The number of fused-ring (bicyclic) bond motifs is 1. The average molecular weight is 414 g/mol. The molecule has 6 nitrogen and oxygen atoms in total. The van der Waals surface area contributed by atoms with E-state index >= 15 is 0 Å². The lowest BCUT2D eigenvalue weighted by Gasteiger charge is -2.31. The molecule has 2 N–H and O–H groups in total. The molecule has 2 aromatic rings. The highest BCUT2D eigenvalue weighted by Gasteiger charge is 2.41. The second-order valence-corrected chi connectivity index (χ2v) is 7.53. The Morgan fingerprint density at radius 1 is 1.30 bits per heavy atom. The summed E-state index contributed by atoms with van der Waals surface area (Å²) in [6.45, 7) is 2.63. The van der Waals surface area contributed by atoms with Crippen molar-refractivity contribution in [2.75, 3.05) is 20.6 Å². The first-order valence-corrected chi connectivity index (χ1v) is 9.68. The van der Waals surface area contributed by atoms with Gasteiger partial charge in [0, 0.05) is 0 Å². The Hall–Kier alpha value is -2.79. The third-order valence-corrected chi connectivity index (χ3v) is 4.95.